The van der Waals surface area contributed by atoms with E-state index < -0.39 is 0 Å². The molecule has 0 aliphatic heterocycles. The molecule has 0 aliphatic carbocycles. The number of aromatic nitrogens is 1. The number of rotatable bonds is 6. The van der Waals surface area contributed by atoms with Gasteiger partial charge in [-0.3, -0.25) is 0 Å². The Balaban J connectivity index is 1.22. The van der Waals surface area contributed by atoms with Gasteiger partial charge in [-0.25, -0.2) is 0 Å². The van der Waals surface area contributed by atoms with Crippen LogP contribution in [0.2, 0.25) is 0 Å². The molecule has 10 aromatic carbocycles. The lowest BCUT2D eigenvalue weighted by atomic mass is 9.80. The fraction of sp³-hybridized carbons (Fsp3) is 0.235. The van der Waals surface area contributed by atoms with Gasteiger partial charge in [-0.1, -0.05) is 198 Å². The molecule has 2 heteroatoms. The Morgan fingerprint density at radius 2 is 0.743 bits per heavy atom. The van der Waals surface area contributed by atoms with Crippen molar-refractivity contribution in [2.75, 3.05) is 4.90 Å². The van der Waals surface area contributed by atoms with Gasteiger partial charge in [0.25, 0.3) is 0 Å². The summed E-state index contributed by atoms with van der Waals surface area (Å²) in [5.74, 6) is 0. The quantitative estimate of drug-likeness (QED) is 0.151. The van der Waals surface area contributed by atoms with Crippen LogP contribution in [0.15, 0.2) is 182 Å². The number of nitrogens with zero attached hydrogens (tertiary/aromatic N) is 2. The molecular formula is C68H66N2. The highest BCUT2D eigenvalue weighted by Crippen LogP contribution is 2.49. The van der Waals surface area contributed by atoms with E-state index in [1.165, 1.54) is 104 Å². The monoisotopic (exact) mass is 911 g/mol. The molecule has 0 spiro atoms. The third-order valence-corrected chi connectivity index (χ3v) is 14.9. The Bertz CT molecular complexity index is 3620. The van der Waals surface area contributed by atoms with Gasteiger partial charge in [0.1, 0.15) is 0 Å². The standard InChI is InChI=1S/C68H66N2/c1-65(2,3)49-27-33-61-57(41-49)58-42-50(66(4,5)6)28-34-62(58)70(61)60-32-26-46-23-29-55-59(31-25-45-24-30-56(60)64(46)63(45)55)69(54-39-51(67(7,8)9)38-52(40-54)68(10,11)12)53-36-47(43-19-15-13-16-20-43)35-48(37-53)44-21-17-14-18-22-44/h13-42H,1-12H3. The molecule has 1 heterocycles. The van der Waals surface area contributed by atoms with E-state index in [0.717, 1.165) is 17.1 Å². The maximum absolute atomic E-state index is 2.56. The topological polar surface area (TPSA) is 8.17 Å². The summed E-state index contributed by atoms with van der Waals surface area (Å²) in [6, 6.07) is 69.4. The van der Waals surface area contributed by atoms with Crippen molar-refractivity contribution in [3.05, 3.63) is 204 Å². The summed E-state index contributed by atoms with van der Waals surface area (Å²) < 4.78 is 2.54. The Morgan fingerprint density at radius 1 is 0.314 bits per heavy atom. The van der Waals surface area contributed by atoms with Crippen LogP contribution >= 0.6 is 0 Å². The highest BCUT2D eigenvalue weighted by Gasteiger charge is 2.27. The summed E-state index contributed by atoms with van der Waals surface area (Å²) in [7, 11) is 0. The van der Waals surface area contributed by atoms with Crippen LogP contribution in [-0.4, -0.2) is 4.57 Å². The van der Waals surface area contributed by atoms with Crippen LogP contribution in [0.3, 0.4) is 0 Å². The average molecular weight is 911 g/mol. The zero-order chi connectivity index (χ0) is 49.1. The highest BCUT2D eigenvalue weighted by atomic mass is 15.1. The predicted octanol–water partition coefficient (Wildman–Crippen LogP) is 19.7. The van der Waals surface area contributed by atoms with Crippen LogP contribution in [0.25, 0.3) is 82.1 Å². The van der Waals surface area contributed by atoms with E-state index >= 15 is 0 Å². The summed E-state index contributed by atoms with van der Waals surface area (Å²) in [5, 5.41) is 10.1. The maximum atomic E-state index is 2.56. The Labute approximate surface area is 415 Å². The molecule has 0 amide bonds. The first-order chi connectivity index (χ1) is 33.2. The van der Waals surface area contributed by atoms with Crippen molar-refractivity contribution < 1.29 is 0 Å². The first-order valence-corrected chi connectivity index (χ1v) is 25.2. The van der Waals surface area contributed by atoms with E-state index in [4.69, 9.17) is 0 Å². The zero-order valence-electron chi connectivity index (χ0n) is 43.2. The predicted molar refractivity (Wildman–Crippen MR) is 305 cm³/mol. The van der Waals surface area contributed by atoms with Gasteiger partial charge in [-0.15, -0.1) is 0 Å². The molecule has 0 saturated carbocycles. The fourth-order valence-corrected chi connectivity index (χ4v) is 10.7. The van der Waals surface area contributed by atoms with Gasteiger partial charge in [0, 0.05) is 32.9 Å². The van der Waals surface area contributed by atoms with Crippen molar-refractivity contribution in [2.24, 2.45) is 0 Å². The van der Waals surface area contributed by atoms with Gasteiger partial charge in [0.2, 0.25) is 0 Å². The van der Waals surface area contributed by atoms with Crippen molar-refractivity contribution in [3.63, 3.8) is 0 Å². The minimum absolute atomic E-state index is 0.0250. The Kier molecular flexibility index (Phi) is 10.5. The third kappa shape index (κ3) is 7.83. The lowest BCUT2D eigenvalue weighted by Crippen LogP contribution is -2.19. The first-order valence-electron chi connectivity index (χ1n) is 25.2. The molecule has 0 aliphatic rings. The molecule has 1 aromatic heterocycles. The zero-order valence-corrected chi connectivity index (χ0v) is 43.2. The van der Waals surface area contributed by atoms with Crippen LogP contribution < -0.4 is 4.90 Å². The molecule has 0 fully saturated rings. The number of fused-ring (bicyclic) bond motifs is 3. The largest absolute Gasteiger partial charge is 0.310 e. The second-order valence-corrected chi connectivity index (χ2v) is 24.0. The average Bonchev–Trinajstić information content (AvgIpc) is 3.66. The molecule has 11 aromatic rings. The number of benzene rings is 10. The summed E-state index contributed by atoms with van der Waals surface area (Å²) in [5.41, 5.74) is 17.1. The van der Waals surface area contributed by atoms with Gasteiger partial charge >= 0.3 is 0 Å². The van der Waals surface area contributed by atoms with Gasteiger partial charge in [-0.05, 0) is 154 Å². The third-order valence-electron chi connectivity index (χ3n) is 14.9. The molecule has 2 nitrogen and oxygen atoms in total. The lowest BCUT2D eigenvalue weighted by Gasteiger charge is -2.32. The molecule has 0 bridgehead atoms. The number of hydrogen-bond donors (Lipinski definition) is 0. The van der Waals surface area contributed by atoms with Crippen molar-refractivity contribution in [2.45, 2.75) is 105 Å². The molecule has 0 atom stereocenters. The molecular weight excluding hydrogens is 845 g/mol. The van der Waals surface area contributed by atoms with Crippen molar-refractivity contribution >= 4 is 71.2 Å². The maximum Gasteiger partial charge on any atom is 0.0541 e. The first kappa shape index (κ1) is 45.3. The van der Waals surface area contributed by atoms with Crippen LogP contribution in [0.1, 0.15) is 105 Å². The van der Waals surface area contributed by atoms with E-state index in [-0.39, 0.29) is 21.7 Å². The van der Waals surface area contributed by atoms with E-state index in [0.29, 0.717) is 0 Å². The fourth-order valence-electron chi connectivity index (χ4n) is 10.7. The summed E-state index contributed by atoms with van der Waals surface area (Å²) in [6.45, 7) is 27.9. The normalized spacial score (nSPS) is 12.9. The number of anilines is 3. The van der Waals surface area contributed by atoms with E-state index in [2.05, 4.69) is 275 Å². The van der Waals surface area contributed by atoms with Crippen LogP contribution in [0.5, 0.6) is 0 Å². The summed E-state index contributed by atoms with van der Waals surface area (Å²) in [4.78, 5) is 2.56. The van der Waals surface area contributed by atoms with Crippen molar-refractivity contribution in [3.8, 4) is 27.9 Å². The molecule has 0 radical (unpaired) electrons. The molecule has 0 unspecified atom stereocenters. The van der Waals surface area contributed by atoms with Crippen molar-refractivity contribution in [1.29, 1.82) is 0 Å². The smallest absolute Gasteiger partial charge is 0.0541 e. The van der Waals surface area contributed by atoms with Gasteiger partial charge < -0.3 is 9.47 Å². The SMILES string of the molecule is CC(C)(C)c1cc(N(c2cc(-c3ccccc3)cc(-c3ccccc3)c2)c2ccc3ccc4c(-n5c6ccc(C(C)(C)C)cc6c6cc(C(C)(C)C)ccc65)ccc5ccc2c3c54)cc(C(C)(C)C)c1. The van der Waals surface area contributed by atoms with Gasteiger partial charge in [0.05, 0.1) is 22.4 Å². The lowest BCUT2D eigenvalue weighted by molar-refractivity contribution is 0.569. The number of hydrogen-bond acceptors (Lipinski definition) is 1. The minimum Gasteiger partial charge on any atom is -0.310 e. The van der Waals surface area contributed by atoms with Crippen LogP contribution in [0.4, 0.5) is 17.1 Å². The molecule has 0 N–H and O–H groups in total. The van der Waals surface area contributed by atoms with E-state index in [1.54, 1.807) is 0 Å². The van der Waals surface area contributed by atoms with E-state index in [9.17, 15) is 0 Å². The second kappa shape index (κ2) is 16.2. The molecule has 0 saturated heterocycles. The minimum atomic E-state index is -0.0722. The van der Waals surface area contributed by atoms with Crippen LogP contribution in [0, 0.1) is 0 Å². The van der Waals surface area contributed by atoms with Crippen molar-refractivity contribution in [1.82, 2.24) is 4.57 Å². The molecule has 70 heavy (non-hydrogen) atoms. The molecule has 11 rings (SSSR count). The Morgan fingerprint density at radius 3 is 1.23 bits per heavy atom. The van der Waals surface area contributed by atoms with Crippen LogP contribution in [-0.2, 0) is 21.7 Å². The second-order valence-electron chi connectivity index (χ2n) is 24.0. The Hall–Kier alpha value is -7.16. The van der Waals surface area contributed by atoms with Gasteiger partial charge in [-0.2, -0.15) is 0 Å². The van der Waals surface area contributed by atoms with E-state index in [1.807, 2.05) is 0 Å². The van der Waals surface area contributed by atoms with Gasteiger partial charge in [0.15, 0.2) is 0 Å². The highest BCUT2D eigenvalue weighted by molar-refractivity contribution is 6.27. The summed E-state index contributed by atoms with van der Waals surface area (Å²) >= 11 is 0. The molecule has 348 valence electrons. The summed E-state index contributed by atoms with van der Waals surface area (Å²) in [6.07, 6.45) is 0.